The molecule has 1 aromatic heterocycles. The van der Waals surface area contributed by atoms with Gasteiger partial charge in [0.15, 0.2) is 0 Å². The van der Waals surface area contributed by atoms with E-state index in [0.29, 0.717) is 6.04 Å². The maximum atomic E-state index is 4.98. The Balaban J connectivity index is 1.83. The van der Waals surface area contributed by atoms with Crippen molar-refractivity contribution in [3.05, 3.63) is 18.0 Å². The van der Waals surface area contributed by atoms with Crippen LogP contribution in [-0.2, 0) is 11.3 Å². The van der Waals surface area contributed by atoms with Crippen molar-refractivity contribution in [3.8, 4) is 0 Å². The summed E-state index contributed by atoms with van der Waals surface area (Å²) in [5, 5.41) is 3.28. The summed E-state index contributed by atoms with van der Waals surface area (Å²) in [6.45, 7) is 4.60. The highest BCUT2D eigenvalue weighted by atomic mass is 16.5. The van der Waals surface area contributed by atoms with Crippen LogP contribution >= 0.6 is 0 Å². The Kier molecular flexibility index (Phi) is 5.10. The first-order valence-corrected chi connectivity index (χ1v) is 6.95. The number of anilines is 1. The highest BCUT2D eigenvalue weighted by molar-refractivity contribution is 5.30. The van der Waals surface area contributed by atoms with Crippen LogP contribution in [0.25, 0.3) is 0 Å². The fourth-order valence-corrected chi connectivity index (χ4v) is 2.11. The van der Waals surface area contributed by atoms with Gasteiger partial charge in [-0.1, -0.05) is 0 Å². The number of hydrogen-bond acceptors (Lipinski definition) is 5. The standard InChI is InChI=1S/C14H24N4O/c1-11(13-4-5-13)18(2)14-16-9-12(10-17-14)8-15-6-7-19-3/h9-11,13,15H,4-8H2,1-3H3. The molecule has 1 saturated carbocycles. The van der Waals surface area contributed by atoms with Crippen molar-refractivity contribution < 1.29 is 4.74 Å². The van der Waals surface area contributed by atoms with Crippen LogP contribution in [0.5, 0.6) is 0 Å². The zero-order chi connectivity index (χ0) is 13.7. The average molecular weight is 264 g/mol. The topological polar surface area (TPSA) is 50.3 Å². The first-order valence-electron chi connectivity index (χ1n) is 6.95. The first kappa shape index (κ1) is 14.2. The van der Waals surface area contributed by atoms with Gasteiger partial charge in [0.1, 0.15) is 0 Å². The van der Waals surface area contributed by atoms with E-state index < -0.39 is 0 Å². The van der Waals surface area contributed by atoms with Crippen LogP contribution in [0.1, 0.15) is 25.3 Å². The first-order chi connectivity index (χ1) is 9.22. The monoisotopic (exact) mass is 264 g/mol. The van der Waals surface area contributed by atoms with Crippen molar-refractivity contribution in [2.45, 2.75) is 32.4 Å². The number of nitrogens with zero attached hydrogens (tertiary/aromatic N) is 3. The van der Waals surface area contributed by atoms with Crippen molar-refractivity contribution in [2.75, 3.05) is 32.2 Å². The maximum absolute atomic E-state index is 4.98. The number of hydrogen-bond donors (Lipinski definition) is 1. The second-order valence-electron chi connectivity index (χ2n) is 5.25. The minimum absolute atomic E-state index is 0.533. The molecule has 2 rings (SSSR count). The summed E-state index contributed by atoms with van der Waals surface area (Å²) < 4.78 is 4.98. The van der Waals surface area contributed by atoms with Crippen LogP contribution in [0.3, 0.4) is 0 Å². The normalized spacial score (nSPS) is 16.4. The molecule has 1 aliphatic rings. The predicted octanol–water partition coefficient (Wildman–Crippen LogP) is 1.45. The second kappa shape index (κ2) is 6.82. The molecule has 1 atom stereocenters. The number of methoxy groups -OCH3 is 1. The molecule has 1 aromatic rings. The van der Waals surface area contributed by atoms with E-state index in [0.717, 1.165) is 37.1 Å². The van der Waals surface area contributed by atoms with E-state index in [2.05, 4.69) is 34.2 Å². The molecule has 5 nitrogen and oxygen atoms in total. The van der Waals surface area contributed by atoms with Gasteiger partial charge in [-0.2, -0.15) is 0 Å². The Bertz CT molecular complexity index is 378. The number of aromatic nitrogens is 2. The van der Waals surface area contributed by atoms with Crippen LogP contribution in [-0.4, -0.2) is 43.3 Å². The predicted molar refractivity (Wildman–Crippen MR) is 76.2 cm³/mol. The van der Waals surface area contributed by atoms with Gasteiger partial charge in [0.25, 0.3) is 0 Å². The zero-order valence-electron chi connectivity index (χ0n) is 12.1. The van der Waals surface area contributed by atoms with E-state index in [1.54, 1.807) is 7.11 Å². The molecule has 5 heteroatoms. The molecular formula is C14H24N4O. The van der Waals surface area contributed by atoms with Crippen LogP contribution in [0.15, 0.2) is 12.4 Å². The lowest BCUT2D eigenvalue weighted by molar-refractivity contribution is 0.199. The lowest BCUT2D eigenvalue weighted by Gasteiger charge is -2.24. The molecule has 0 aliphatic heterocycles. The van der Waals surface area contributed by atoms with Crippen molar-refractivity contribution in [2.24, 2.45) is 5.92 Å². The fourth-order valence-electron chi connectivity index (χ4n) is 2.11. The lowest BCUT2D eigenvalue weighted by atomic mass is 10.2. The molecule has 1 fully saturated rings. The van der Waals surface area contributed by atoms with Gasteiger partial charge in [0.05, 0.1) is 6.61 Å². The third kappa shape index (κ3) is 4.14. The molecule has 1 unspecified atom stereocenters. The summed E-state index contributed by atoms with van der Waals surface area (Å²) in [6, 6.07) is 0.533. The van der Waals surface area contributed by atoms with Gasteiger partial charge >= 0.3 is 0 Å². The number of ether oxygens (including phenoxy) is 1. The molecule has 0 aromatic carbocycles. The van der Waals surface area contributed by atoms with Gasteiger partial charge < -0.3 is 15.0 Å². The van der Waals surface area contributed by atoms with Gasteiger partial charge in [-0.25, -0.2) is 9.97 Å². The van der Waals surface area contributed by atoms with E-state index in [9.17, 15) is 0 Å². The molecule has 0 saturated heterocycles. The summed E-state index contributed by atoms with van der Waals surface area (Å²) in [5.74, 6) is 1.64. The van der Waals surface area contributed by atoms with Crippen molar-refractivity contribution in [1.82, 2.24) is 15.3 Å². The maximum Gasteiger partial charge on any atom is 0.225 e. The summed E-state index contributed by atoms with van der Waals surface area (Å²) in [7, 11) is 3.78. The quantitative estimate of drug-likeness (QED) is 0.720. The summed E-state index contributed by atoms with van der Waals surface area (Å²) in [6.07, 6.45) is 6.48. The Morgan fingerprint density at radius 1 is 1.42 bits per heavy atom. The Hall–Kier alpha value is -1.20. The minimum atomic E-state index is 0.533. The fraction of sp³-hybridized carbons (Fsp3) is 0.714. The molecule has 1 N–H and O–H groups in total. The molecule has 0 spiro atoms. The SMILES string of the molecule is COCCNCc1cnc(N(C)C(C)C2CC2)nc1. The number of rotatable bonds is 8. The van der Waals surface area contributed by atoms with Crippen molar-refractivity contribution >= 4 is 5.95 Å². The third-order valence-electron chi connectivity index (χ3n) is 3.73. The highest BCUT2D eigenvalue weighted by Gasteiger charge is 2.31. The van der Waals surface area contributed by atoms with Crippen LogP contribution < -0.4 is 10.2 Å². The van der Waals surface area contributed by atoms with Crippen LogP contribution in [0, 0.1) is 5.92 Å². The van der Waals surface area contributed by atoms with E-state index in [1.807, 2.05) is 12.4 Å². The average Bonchev–Trinajstić information content (AvgIpc) is 3.27. The zero-order valence-corrected chi connectivity index (χ0v) is 12.1. The van der Waals surface area contributed by atoms with Gasteiger partial charge in [0.2, 0.25) is 5.95 Å². The molecule has 19 heavy (non-hydrogen) atoms. The number of nitrogens with one attached hydrogen (secondary N) is 1. The smallest absolute Gasteiger partial charge is 0.225 e. The van der Waals surface area contributed by atoms with Crippen LogP contribution in [0.2, 0.25) is 0 Å². The van der Waals surface area contributed by atoms with Crippen LogP contribution in [0.4, 0.5) is 5.95 Å². The minimum Gasteiger partial charge on any atom is -0.383 e. The molecular weight excluding hydrogens is 240 g/mol. The van der Waals surface area contributed by atoms with Crippen molar-refractivity contribution in [3.63, 3.8) is 0 Å². The third-order valence-corrected chi connectivity index (χ3v) is 3.73. The Morgan fingerprint density at radius 3 is 2.68 bits per heavy atom. The second-order valence-corrected chi connectivity index (χ2v) is 5.25. The van der Waals surface area contributed by atoms with E-state index in [4.69, 9.17) is 4.74 Å². The highest BCUT2D eigenvalue weighted by Crippen LogP contribution is 2.35. The van der Waals surface area contributed by atoms with Gasteiger partial charge in [-0.15, -0.1) is 0 Å². The summed E-state index contributed by atoms with van der Waals surface area (Å²) >= 11 is 0. The van der Waals surface area contributed by atoms with E-state index in [1.165, 1.54) is 12.8 Å². The molecule has 106 valence electrons. The Labute approximate surface area is 115 Å². The molecule has 0 amide bonds. The lowest BCUT2D eigenvalue weighted by Crippen LogP contribution is -2.32. The largest absolute Gasteiger partial charge is 0.383 e. The van der Waals surface area contributed by atoms with Gasteiger partial charge in [-0.05, 0) is 25.7 Å². The molecule has 1 heterocycles. The molecule has 0 radical (unpaired) electrons. The van der Waals surface area contributed by atoms with E-state index >= 15 is 0 Å². The van der Waals surface area contributed by atoms with E-state index in [-0.39, 0.29) is 0 Å². The summed E-state index contributed by atoms with van der Waals surface area (Å²) in [5.41, 5.74) is 1.10. The van der Waals surface area contributed by atoms with Gasteiger partial charge in [0, 0.05) is 51.2 Å². The summed E-state index contributed by atoms with van der Waals surface area (Å²) in [4.78, 5) is 11.1. The van der Waals surface area contributed by atoms with Gasteiger partial charge in [-0.3, -0.25) is 0 Å². The Morgan fingerprint density at radius 2 is 2.11 bits per heavy atom. The molecule has 1 aliphatic carbocycles. The van der Waals surface area contributed by atoms with Crippen molar-refractivity contribution in [1.29, 1.82) is 0 Å². The molecule has 0 bridgehead atoms.